The number of nitrogens with two attached hydrogens (primary N) is 1. The number of aryl methyl sites for hydroxylation is 1. The van der Waals surface area contributed by atoms with Crippen molar-refractivity contribution in [3.63, 3.8) is 0 Å². The number of pyridine rings is 1. The summed E-state index contributed by atoms with van der Waals surface area (Å²) in [6.07, 6.45) is 7.00. The van der Waals surface area contributed by atoms with Gasteiger partial charge in [0.25, 0.3) is 0 Å². The van der Waals surface area contributed by atoms with Crippen LogP contribution in [0.2, 0.25) is 0 Å². The van der Waals surface area contributed by atoms with Crippen molar-refractivity contribution in [3.8, 4) is 11.3 Å². The highest BCUT2D eigenvalue weighted by molar-refractivity contribution is 5.56. The van der Waals surface area contributed by atoms with Crippen LogP contribution in [0.4, 0.5) is 0 Å². The Morgan fingerprint density at radius 1 is 1.22 bits per heavy atom. The first-order chi connectivity index (χ1) is 8.54. The van der Waals surface area contributed by atoms with Gasteiger partial charge in [0, 0.05) is 36.1 Å². The van der Waals surface area contributed by atoms with E-state index in [2.05, 4.69) is 15.0 Å². The van der Waals surface area contributed by atoms with Crippen LogP contribution in [0.1, 0.15) is 26.1 Å². The zero-order chi connectivity index (χ0) is 13.0. The molecule has 0 radical (unpaired) electrons. The number of aromatic nitrogens is 3. The van der Waals surface area contributed by atoms with E-state index in [0.717, 1.165) is 29.9 Å². The van der Waals surface area contributed by atoms with E-state index in [4.69, 9.17) is 5.73 Å². The third-order valence-electron chi connectivity index (χ3n) is 2.66. The SMILES string of the molecule is CC(C)(N)CCc1nccc(-c2cccnc2)n1. The van der Waals surface area contributed by atoms with Gasteiger partial charge in [-0.25, -0.2) is 9.97 Å². The third-order valence-corrected chi connectivity index (χ3v) is 2.66. The van der Waals surface area contributed by atoms with E-state index in [0.29, 0.717) is 0 Å². The van der Waals surface area contributed by atoms with Crippen LogP contribution in [0.3, 0.4) is 0 Å². The fourth-order valence-electron chi connectivity index (χ4n) is 1.63. The molecular weight excluding hydrogens is 224 g/mol. The monoisotopic (exact) mass is 242 g/mol. The molecule has 2 heterocycles. The van der Waals surface area contributed by atoms with Gasteiger partial charge in [0.15, 0.2) is 0 Å². The van der Waals surface area contributed by atoms with Crippen LogP contribution in [-0.4, -0.2) is 20.5 Å². The minimum absolute atomic E-state index is 0.187. The third kappa shape index (κ3) is 3.60. The molecule has 2 aromatic heterocycles. The van der Waals surface area contributed by atoms with Gasteiger partial charge in [0.2, 0.25) is 0 Å². The Hall–Kier alpha value is -1.81. The molecule has 0 fully saturated rings. The summed E-state index contributed by atoms with van der Waals surface area (Å²) in [7, 11) is 0. The van der Waals surface area contributed by atoms with Crippen molar-refractivity contribution in [1.29, 1.82) is 0 Å². The van der Waals surface area contributed by atoms with Gasteiger partial charge in [-0.3, -0.25) is 4.98 Å². The molecule has 0 bridgehead atoms. The largest absolute Gasteiger partial charge is 0.326 e. The number of hydrogen-bond donors (Lipinski definition) is 1. The molecule has 2 aromatic rings. The molecule has 4 heteroatoms. The average Bonchev–Trinajstić information content (AvgIpc) is 2.37. The van der Waals surface area contributed by atoms with E-state index in [-0.39, 0.29) is 5.54 Å². The minimum atomic E-state index is -0.187. The smallest absolute Gasteiger partial charge is 0.129 e. The highest BCUT2D eigenvalue weighted by atomic mass is 14.9. The molecule has 18 heavy (non-hydrogen) atoms. The Morgan fingerprint density at radius 3 is 2.72 bits per heavy atom. The Balaban J connectivity index is 2.16. The number of rotatable bonds is 4. The molecule has 4 nitrogen and oxygen atoms in total. The first-order valence-corrected chi connectivity index (χ1v) is 6.06. The summed E-state index contributed by atoms with van der Waals surface area (Å²) >= 11 is 0. The van der Waals surface area contributed by atoms with Gasteiger partial charge in [-0.05, 0) is 38.5 Å². The second-order valence-corrected chi connectivity index (χ2v) is 5.09. The summed E-state index contributed by atoms with van der Waals surface area (Å²) in [6, 6.07) is 5.79. The molecule has 2 N–H and O–H groups in total. The lowest BCUT2D eigenvalue weighted by molar-refractivity contribution is 0.471. The first-order valence-electron chi connectivity index (χ1n) is 6.06. The topological polar surface area (TPSA) is 64.7 Å². The molecule has 0 aromatic carbocycles. The zero-order valence-corrected chi connectivity index (χ0v) is 10.8. The molecule has 0 unspecified atom stereocenters. The maximum absolute atomic E-state index is 5.97. The van der Waals surface area contributed by atoms with Crippen molar-refractivity contribution in [2.75, 3.05) is 0 Å². The number of hydrogen-bond acceptors (Lipinski definition) is 4. The Labute approximate surface area is 107 Å². The highest BCUT2D eigenvalue weighted by Crippen LogP contribution is 2.15. The summed E-state index contributed by atoms with van der Waals surface area (Å²) in [5.74, 6) is 0.829. The molecule has 0 spiro atoms. The standard InChI is InChI=1S/C14H18N4/c1-14(2,15)7-5-13-17-9-6-12(18-13)11-4-3-8-16-10-11/h3-4,6,8-10H,5,7,15H2,1-2H3. The fraction of sp³-hybridized carbons (Fsp3) is 0.357. The molecule has 2 rings (SSSR count). The zero-order valence-electron chi connectivity index (χ0n) is 10.8. The van der Waals surface area contributed by atoms with Crippen molar-refractivity contribution in [3.05, 3.63) is 42.6 Å². The van der Waals surface area contributed by atoms with Gasteiger partial charge >= 0.3 is 0 Å². The Bertz CT molecular complexity index is 503. The molecule has 0 saturated carbocycles. The number of nitrogens with zero attached hydrogens (tertiary/aromatic N) is 3. The first kappa shape index (κ1) is 12.6. The summed E-state index contributed by atoms with van der Waals surface area (Å²) in [6.45, 7) is 4.02. The second kappa shape index (κ2) is 5.23. The lowest BCUT2D eigenvalue weighted by Crippen LogP contribution is -2.32. The van der Waals surface area contributed by atoms with E-state index < -0.39 is 0 Å². The predicted octanol–water partition coefficient (Wildman–Crippen LogP) is 2.21. The summed E-state index contributed by atoms with van der Waals surface area (Å²) in [5.41, 5.74) is 7.69. The maximum atomic E-state index is 5.97. The maximum Gasteiger partial charge on any atom is 0.129 e. The van der Waals surface area contributed by atoms with Crippen LogP contribution in [-0.2, 0) is 6.42 Å². The van der Waals surface area contributed by atoms with Crippen LogP contribution in [0.25, 0.3) is 11.3 Å². The van der Waals surface area contributed by atoms with Crippen LogP contribution < -0.4 is 5.73 Å². The Kier molecular flexibility index (Phi) is 3.67. The minimum Gasteiger partial charge on any atom is -0.326 e. The summed E-state index contributed by atoms with van der Waals surface area (Å²) in [4.78, 5) is 12.9. The van der Waals surface area contributed by atoms with Gasteiger partial charge < -0.3 is 5.73 Å². The normalized spacial score (nSPS) is 11.5. The van der Waals surface area contributed by atoms with Crippen molar-refractivity contribution in [1.82, 2.24) is 15.0 Å². The van der Waals surface area contributed by atoms with Crippen LogP contribution in [0.5, 0.6) is 0 Å². The lowest BCUT2D eigenvalue weighted by Gasteiger charge is -2.17. The molecular formula is C14H18N4. The lowest BCUT2D eigenvalue weighted by atomic mass is 10.00. The van der Waals surface area contributed by atoms with E-state index in [9.17, 15) is 0 Å². The molecule has 94 valence electrons. The van der Waals surface area contributed by atoms with Crippen molar-refractivity contribution >= 4 is 0 Å². The molecule has 0 atom stereocenters. The summed E-state index contributed by atoms with van der Waals surface area (Å²) < 4.78 is 0. The van der Waals surface area contributed by atoms with Crippen LogP contribution in [0.15, 0.2) is 36.8 Å². The average molecular weight is 242 g/mol. The van der Waals surface area contributed by atoms with Gasteiger partial charge in [-0.15, -0.1) is 0 Å². The highest BCUT2D eigenvalue weighted by Gasteiger charge is 2.11. The molecule has 0 aliphatic heterocycles. The van der Waals surface area contributed by atoms with E-state index in [1.807, 2.05) is 32.0 Å². The van der Waals surface area contributed by atoms with Gasteiger partial charge in [0.05, 0.1) is 5.69 Å². The van der Waals surface area contributed by atoms with E-state index in [1.165, 1.54) is 0 Å². The molecule has 0 aliphatic carbocycles. The second-order valence-electron chi connectivity index (χ2n) is 5.09. The van der Waals surface area contributed by atoms with Crippen molar-refractivity contribution in [2.24, 2.45) is 5.73 Å². The van der Waals surface area contributed by atoms with Crippen molar-refractivity contribution in [2.45, 2.75) is 32.2 Å². The van der Waals surface area contributed by atoms with Crippen LogP contribution in [0, 0.1) is 0 Å². The van der Waals surface area contributed by atoms with E-state index in [1.54, 1.807) is 18.6 Å². The molecule has 0 aliphatic rings. The quantitative estimate of drug-likeness (QED) is 0.892. The van der Waals surface area contributed by atoms with E-state index >= 15 is 0 Å². The van der Waals surface area contributed by atoms with Crippen molar-refractivity contribution < 1.29 is 0 Å². The fourth-order valence-corrected chi connectivity index (χ4v) is 1.63. The van der Waals surface area contributed by atoms with Gasteiger partial charge in [-0.1, -0.05) is 0 Å². The predicted molar refractivity (Wildman–Crippen MR) is 71.9 cm³/mol. The van der Waals surface area contributed by atoms with Crippen LogP contribution >= 0.6 is 0 Å². The van der Waals surface area contributed by atoms with Gasteiger partial charge in [0.1, 0.15) is 5.82 Å². The van der Waals surface area contributed by atoms with Gasteiger partial charge in [-0.2, -0.15) is 0 Å². The summed E-state index contributed by atoms with van der Waals surface area (Å²) in [5, 5.41) is 0. The Morgan fingerprint density at radius 2 is 2.06 bits per heavy atom. The molecule has 0 saturated heterocycles. The molecule has 0 amide bonds.